The lowest BCUT2D eigenvalue weighted by atomic mass is 9.90. The molecule has 2 N–H and O–H groups in total. The highest BCUT2D eigenvalue weighted by Crippen LogP contribution is 2.20. The fourth-order valence-electron chi connectivity index (χ4n) is 2.21. The van der Waals surface area contributed by atoms with E-state index in [1.165, 1.54) is 0 Å². The Balaban J connectivity index is 2.57. The van der Waals surface area contributed by atoms with E-state index >= 15 is 0 Å². The molecule has 0 heterocycles. The number of carbonyl (C=O) groups excluding carboxylic acids is 1. The van der Waals surface area contributed by atoms with Crippen LogP contribution in [0.3, 0.4) is 0 Å². The number of carbonyl (C=O) groups is 2. The first kappa shape index (κ1) is 18.2. The Bertz CT molecular complexity index is 477. The number of carboxylic acid groups (broad SMARTS) is 1. The number of hydrogen-bond acceptors (Lipinski definition) is 2. The van der Waals surface area contributed by atoms with Crippen LogP contribution in [0.2, 0.25) is 0 Å². The largest absolute Gasteiger partial charge is 0.481 e. The standard InChI is InChI=1S/C18H27NO3/c1-18(2,3)12-11-16(20)19-15(9-10-17(21)22)13-14-7-5-4-6-8-14/h4-8,15H,9-13H2,1-3H3,(H,19,20)(H,21,22). The highest BCUT2D eigenvalue weighted by atomic mass is 16.4. The second kappa shape index (κ2) is 8.57. The van der Waals surface area contributed by atoms with Crippen molar-refractivity contribution in [3.8, 4) is 0 Å². The minimum absolute atomic E-state index is 0.00115. The van der Waals surface area contributed by atoms with Crippen LogP contribution in [0.4, 0.5) is 0 Å². The van der Waals surface area contributed by atoms with Crippen molar-refractivity contribution in [1.82, 2.24) is 5.32 Å². The first-order chi connectivity index (χ1) is 10.3. The molecule has 1 rings (SSSR count). The van der Waals surface area contributed by atoms with Crippen molar-refractivity contribution in [3.63, 3.8) is 0 Å². The SMILES string of the molecule is CC(C)(C)CCC(=O)NC(CCC(=O)O)Cc1ccccc1. The Hall–Kier alpha value is -1.84. The highest BCUT2D eigenvalue weighted by Gasteiger charge is 2.17. The van der Waals surface area contributed by atoms with E-state index < -0.39 is 5.97 Å². The number of aliphatic carboxylic acids is 1. The van der Waals surface area contributed by atoms with Crippen LogP contribution in [-0.2, 0) is 16.0 Å². The van der Waals surface area contributed by atoms with Crippen molar-refractivity contribution in [1.29, 1.82) is 0 Å². The lowest BCUT2D eigenvalue weighted by Crippen LogP contribution is -2.37. The van der Waals surface area contributed by atoms with E-state index in [-0.39, 0.29) is 23.8 Å². The predicted molar refractivity (Wildman–Crippen MR) is 87.6 cm³/mol. The Kier molecular flexibility index (Phi) is 7.09. The molecule has 122 valence electrons. The maximum Gasteiger partial charge on any atom is 0.303 e. The third-order valence-electron chi connectivity index (χ3n) is 3.50. The fourth-order valence-corrected chi connectivity index (χ4v) is 2.21. The van der Waals surface area contributed by atoms with Gasteiger partial charge in [-0.05, 0) is 30.2 Å². The molecule has 0 spiro atoms. The molecule has 1 amide bonds. The zero-order valence-corrected chi connectivity index (χ0v) is 13.8. The molecule has 0 bridgehead atoms. The van der Waals surface area contributed by atoms with Gasteiger partial charge in [-0.3, -0.25) is 9.59 Å². The van der Waals surface area contributed by atoms with Crippen LogP contribution in [0.5, 0.6) is 0 Å². The van der Waals surface area contributed by atoms with Crippen molar-refractivity contribution in [2.75, 3.05) is 0 Å². The zero-order chi connectivity index (χ0) is 16.6. The molecule has 1 atom stereocenters. The highest BCUT2D eigenvalue weighted by molar-refractivity contribution is 5.76. The summed E-state index contributed by atoms with van der Waals surface area (Å²) in [5.41, 5.74) is 1.22. The average Bonchev–Trinajstić information content (AvgIpc) is 2.43. The number of benzene rings is 1. The Labute approximate surface area is 132 Å². The van der Waals surface area contributed by atoms with Crippen molar-refractivity contribution in [2.24, 2.45) is 5.41 Å². The normalized spacial score (nSPS) is 12.7. The fraction of sp³-hybridized carbons (Fsp3) is 0.556. The Morgan fingerprint density at radius 1 is 1.14 bits per heavy atom. The van der Waals surface area contributed by atoms with Gasteiger partial charge in [0, 0.05) is 18.9 Å². The van der Waals surface area contributed by atoms with E-state index in [2.05, 4.69) is 26.1 Å². The van der Waals surface area contributed by atoms with Crippen LogP contribution in [0.25, 0.3) is 0 Å². The van der Waals surface area contributed by atoms with E-state index in [9.17, 15) is 9.59 Å². The third-order valence-corrected chi connectivity index (χ3v) is 3.50. The summed E-state index contributed by atoms with van der Waals surface area (Å²) < 4.78 is 0. The molecule has 0 fully saturated rings. The molecule has 0 aliphatic carbocycles. The topological polar surface area (TPSA) is 66.4 Å². The smallest absolute Gasteiger partial charge is 0.303 e. The van der Waals surface area contributed by atoms with Gasteiger partial charge >= 0.3 is 5.97 Å². The monoisotopic (exact) mass is 305 g/mol. The van der Waals surface area contributed by atoms with E-state index in [1.54, 1.807) is 0 Å². The molecule has 0 radical (unpaired) electrons. The molecule has 1 unspecified atom stereocenters. The van der Waals surface area contributed by atoms with Gasteiger partial charge in [-0.1, -0.05) is 51.1 Å². The molecular weight excluding hydrogens is 278 g/mol. The summed E-state index contributed by atoms with van der Waals surface area (Å²) in [5, 5.41) is 11.9. The molecule has 0 saturated heterocycles. The summed E-state index contributed by atoms with van der Waals surface area (Å²) >= 11 is 0. The second-order valence-corrected chi connectivity index (χ2v) is 6.95. The van der Waals surface area contributed by atoms with E-state index in [0.29, 0.717) is 19.3 Å². The van der Waals surface area contributed by atoms with Gasteiger partial charge in [-0.2, -0.15) is 0 Å². The van der Waals surface area contributed by atoms with Gasteiger partial charge in [-0.25, -0.2) is 0 Å². The molecule has 4 heteroatoms. The van der Waals surface area contributed by atoms with Crippen LogP contribution in [-0.4, -0.2) is 23.0 Å². The van der Waals surface area contributed by atoms with Gasteiger partial charge < -0.3 is 10.4 Å². The molecule has 0 aliphatic rings. The Morgan fingerprint density at radius 2 is 1.77 bits per heavy atom. The lowest BCUT2D eigenvalue weighted by Gasteiger charge is -2.21. The van der Waals surface area contributed by atoms with Crippen molar-refractivity contribution in [3.05, 3.63) is 35.9 Å². The van der Waals surface area contributed by atoms with Gasteiger partial charge in [0.2, 0.25) is 5.91 Å². The first-order valence-electron chi connectivity index (χ1n) is 7.81. The zero-order valence-electron chi connectivity index (χ0n) is 13.8. The van der Waals surface area contributed by atoms with Gasteiger partial charge in [0.1, 0.15) is 0 Å². The summed E-state index contributed by atoms with van der Waals surface area (Å²) in [6.07, 6.45) is 2.47. The number of nitrogens with one attached hydrogen (secondary N) is 1. The lowest BCUT2D eigenvalue weighted by molar-refractivity contribution is -0.137. The summed E-state index contributed by atoms with van der Waals surface area (Å²) in [7, 11) is 0. The number of amides is 1. The number of hydrogen-bond donors (Lipinski definition) is 2. The Morgan fingerprint density at radius 3 is 2.32 bits per heavy atom. The maximum atomic E-state index is 12.1. The van der Waals surface area contributed by atoms with E-state index in [4.69, 9.17) is 5.11 Å². The molecular formula is C18H27NO3. The van der Waals surface area contributed by atoms with Gasteiger partial charge in [0.05, 0.1) is 0 Å². The molecule has 0 aromatic heterocycles. The van der Waals surface area contributed by atoms with Crippen LogP contribution >= 0.6 is 0 Å². The summed E-state index contributed by atoms with van der Waals surface area (Å²) in [4.78, 5) is 22.9. The van der Waals surface area contributed by atoms with E-state index in [0.717, 1.165) is 12.0 Å². The van der Waals surface area contributed by atoms with Gasteiger partial charge in [0.25, 0.3) is 0 Å². The van der Waals surface area contributed by atoms with Crippen LogP contribution in [0.15, 0.2) is 30.3 Å². The maximum absolute atomic E-state index is 12.1. The molecule has 22 heavy (non-hydrogen) atoms. The molecule has 0 aliphatic heterocycles. The average molecular weight is 305 g/mol. The minimum Gasteiger partial charge on any atom is -0.481 e. The van der Waals surface area contributed by atoms with Crippen molar-refractivity contribution >= 4 is 11.9 Å². The summed E-state index contributed by atoms with van der Waals surface area (Å²) in [6, 6.07) is 9.70. The predicted octanol–water partition coefficient (Wildman–Crippen LogP) is 3.41. The molecule has 1 aromatic carbocycles. The van der Waals surface area contributed by atoms with Crippen LogP contribution in [0.1, 0.15) is 52.0 Å². The molecule has 4 nitrogen and oxygen atoms in total. The van der Waals surface area contributed by atoms with Crippen LogP contribution in [0, 0.1) is 5.41 Å². The van der Waals surface area contributed by atoms with E-state index in [1.807, 2.05) is 30.3 Å². The number of rotatable bonds is 8. The van der Waals surface area contributed by atoms with Gasteiger partial charge in [0.15, 0.2) is 0 Å². The van der Waals surface area contributed by atoms with Crippen molar-refractivity contribution < 1.29 is 14.7 Å². The first-order valence-corrected chi connectivity index (χ1v) is 7.81. The minimum atomic E-state index is -0.831. The van der Waals surface area contributed by atoms with Crippen LogP contribution < -0.4 is 5.32 Å². The quantitative estimate of drug-likeness (QED) is 0.773. The summed E-state index contributed by atoms with van der Waals surface area (Å²) in [5.74, 6) is -0.830. The van der Waals surface area contributed by atoms with Gasteiger partial charge in [-0.15, -0.1) is 0 Å². The third kappa shape index (κ3) is 8.45. The number of carboxylic acids is 1. The summed E-state index contributed by atoms with van der Waals surface area (Å²) in [6.45, 7) is 6.31. The molecule has 1 aromatic rings. The second-order valence-electron chi connectivity index (χ2n) is 6.95. The molecule has 0 saturated carbocycles. The van der Waals surface area contributed by atoms with Crippen molar-refractivity contribution in [2.45, 2.75) is 58.9 Å².